The zero-order valence-electron chi connectivity index (χ0n) is 8.43. The molecule has 0 aliphatic carbocycles. The highest BCUT2D eigenvalue weighted by molar-refractivity contribution is 5.77. The lowest BCUT2D eigenvalue weighted by Gasteiger charge is -2.08. The second kappa shape index (κ2) is 4.79. The van der Waals surface area contributed by atoms with Crippen molar-refractivity contribution in [3.05, 3.63) is 35.1 Å². The number of carbonyl (C=O) groups is 1. The van der Waals surface area contributed by atoms with Gasteiger partial charge in [0.2, 0.25) is 0 Å². The quantitative estimate of drug-likeness (QED) is 0.745. The first-order valence-electron chi connectivity index (χ1n) is 4.49. The van der Waals surface area contributed by atoms with E-state index in [0.29, 0.717) is 12.1 Å². The number of carbonyl (C=O) groups excluding carboxylic acids is 1. The van der Waals surface area contributed by atoms with Gasteiger partial charge in [0.15, 0.2) is 11.6 Å². The SMILES string of the molecule is CC(=O)CC(C#N)c1cc(F)c(F)cc1F. The highest BCUT2D eigenvalue weighted by Gasteiger charge is 2.19. The summed E-state index contributed by atoms with van der Waals surface area (Å²) < 4.78 is 38.7. The van der Waals surface area contributed by atoms with E-state index in [1.165, 1.54) is 6.92 Å². The summed E-state index contributed by atoms with van der Waals surface area (Å²) in [7, 11) is 0. The smallest absolute Gasteiger partial charge is 0.161 e. The van der Waals surface area contributed by atoms with Gasteiger partial charge in [-0.2, -0.15) is 5.26 Å². The lowest BCUT2D eigenvalue weighted by molar-refractivity contribution is -0.117. The Hall–Kier alpha value is -1.83. The molecule has 0 saturated heterocycles. The highest BCUT2D eigenvalue weighted by Crippen LogP contribution is 2.24. The Kier molecular flexibility index (Phi) is 3.67. The van der Waals surface area contributed by atoms with Crippen LogP contribution in [0, 0.1) is 28.8 Å². The third kappa shape index (κ3) is 2.60. The fraction of sp³-hybridized carbons (Fsp3) is 0.273. The Morgan fingerprint density at radius 1 is 1.31 bits per heavy atom. The number of benzene rings is 1. The van der Waals surface area contributed by atoms with E-state index in [9.17, 15) is 18.0 Å². The summed E-state index contributed by atoms with van der Waals surface area (Å²) in [5.41, 5.74) is -0.295. The molecule has 0 aliphatic rings. The number of ketones is 1. The second-order valence-electron chi connectivity index (χ2n) is 3.38. The van der Waals surface area contributed by atoms with Crippen LogP contribution in [0.3, 0.4) is 0 Å². The molecule has 0 aliphatic heterocycles. The Balaban J connectivity index is 3.16. The molecule has 0 fully saturated rings. The molecule has 0 amide bonds. The molecule has 84 valence electrons. The maximum Gasteiger partial charge on any atom is 0.161 e. The molecule has 0 heterocycles. The average Bonchev–Trinajstić information content (AvgIpc) is 2.20. The standard InChI is InChI=1S/C11H8F3NO/c1-6(16)2-7(5-15)8-3-10(13)11(14)4-9(8)12/h3-4,7H,2H2,1H3. The highest BCUT2D eigenvalue weighted by atomic mass is 19.2. The molecule has 0 saturated carbocycles. The summed E-state index contributed by atoms with van der Waals surface area (Å²) in [6, 6.07) is 2.67. The van der Waals surface area contributed by atoms with Gasteiger partial charge < -0.3 is 0 Å². The normalized spacial score (nSPS) is 11.9. The van der Waals surface area contributed by atoms with Crippen LogP contribution >= 0.6 is 0 Å². The second-order valence-corrected chi connectivity index (χ2v) is 3.38. The van der Waals surface area contributed by atoms with Crippen LogP contribution in [-0.4, -0.2) is 5.78 Å². The molecule has 0 N–H and O–H groups in total. The summed E-state index contributed by atoms with van der Waals surface area (Å²) in [6.07, 6.45) is -0.224. The van der Waals surface area contributed by atoms with Gasteiger partial charge in [-0.1, -0.05) is 0 Å². The van der Waals surface area contributed by atoms with Crippen LogP contribution in [0.5, 0.6) is 0 Å². The van der Waals surface area contributed by atoms with Crippen molar-refractivity contribution in [1.82, 2.24) is 0 Å². The van der Waals surface area contributed by atoms with Gasteiger partial charge in [0.05, 0.1) is 12.0 Å². The van der Waals surface area contributed by atoms with Crippen molar-refractivity contribution in [2.24, 2.45) is 0 Å². The van der Waals surface area contributed by atoms with Gasteiger partial charge in [0.1, 0.15) is 11.6 Å². The van der Waals surface area contributed by atoms with Crippen molar-refractivity contribution in [1.29, 1.82) is 5.26 Å². The first kappa shape index (κ1) is 12.2. The minimum absolute atomic E-state index is 0.224. The molecule has 0 spiro atoms. The minimum Gasteiger partial charge on any atom is -0.300 e. The molecule has 1 rings (SSSR count). The van der Waals surface area contributed by atoms with Crippen LogP contribution in [0.2, 0.25) is 0 Å². The maximum atomic E-state index is 13.2. The third-order valence-electron chi connectivity index (χ3n) is 2.06. The van der Waals surface area contributed by atoms with Crippen molar-refractivity contribution in [3.63, 3.8) is 0 Å². The van der Waals surface area contributed by atoms with E-state index in [2.05, 4.69) is 0 Å². The summed E-state index contributed by atoms with van der Waals surface area (Å²) in [5.74, 6) is -4.99. The van der Waals surface area contributed by atoms with Crippen LogP contribution in [0.4, 0.5) is 13.2 Å². The number of hydrogen-bond acceptors (Lipinski definition) is 2. The van der Waals surface area contributed by atoms with Gasteiger partial charge in [0, 0.05) is 18.1 Å². The molecule has 16 heavy (non-hydrogen) atoms. The van der Waals surface area contributed by atoms with E-state index in [1.807, 2.05) is 0 Å². The molecule has 0 radical (unpaired) electrons. The van der Waals surface area contributed by atoms with Crippen LogP contribution in [0.25, 0.3) is 0 Å². The number of halogens is 3. The third-order valence-corrected chi connectivity index (χ3v) is 2.06. The predicted octanol–water partition coefficient (Wildman–Crippen LogP) is 2.69. The van der Waals surface area contributed by atoms with E-state index in [4.69, 9.17) is 5.26 Å². The molecule has 1 atom stereocenters. The van der Waals surface area contributed by atoms with Crippen molar-refractivity contribution in [2.75, 3.05) is 0 Å². The number of Topliss-reactive ketones (excluding diaryl/α,β-unsaturated/α-hetero) is 1. The largest absolute Gasteiger partial charge is 0.300 e. The van der Waals surface area contributed by atoms with Gasteiger partial charge in [-0.15, -0.1) is 0 Å². The minimum atomic E-state index is -1.32. The van der Waals surface area contributed by atoms with Crippen molar-refractivity contribution in [3.8, 4) is 6.07 Å². The molecular weight excluding hydrogens is 219 g/mol. The fourth-order valence-electron chi connectivity index (χ4n) is 1.32. The van der Waals surface area contributed by atoms with Gasteiger partial charge in [-0.05, 0) is 13.0 Å². The lowest BCUT2D eigenvalue weighted by atomic mass is 9.95. The van der Waals surface area contributed by atoms with E-state index in [-0.39, 0.29) is 17.8 Å². The van der Waals surface area contributed by atoms with Gasteiger partial charge in [-0.25, -0.2) is 13.2 Å². The summed E-state index contributed by atoms with van der Waals surface area (Å²) >= 11 is 0. The zero-order valence-corrected chi connectivity index (χ0v) is 8.43. The first-order chi connectivity index (χ1) is 7.45. The Morgan fingerprint density at radius 3 is 2.38 bits per heavy atom. The van der Waals surface area contributed by atoms with Crippen molar-refractivity contribution < 1.29 is 18.0 Å². The van der Waals surface area contributed by atoms with E-state index >= 15 is 0 Å². The Morgan fingerprint density at radius 2 is 1.88 bits per heavy atom. The molecule has 0 bridgehead atoms. The van der Waals surface area contributed by atoms with Gasteiger partial charge >= 0.3 is 0 Å². The number of rotatable bonds is 3. The summed E-state index contributed by atoms with van der Waals surface area (Å²) in [5, 5.41) is 8.73. The van der Waals surface area contributed by atoms with Gasteiger partial charge in [-0.3, -0.25) is 4.79 Å². The average molecular weight is 227 g/mol. The Labute approximate surface area is 90.3 Å². The van der Waals surface area contributed by atoms with E-state index in [0.717, 1.165) is 0 Å². The first-order valence-corrected chi connectivity index (χ1v) is 4.49. The van der Waals surface area contributed by atoms with Crippen LogP contribution in [-0.2, 0) is 4.79 Å². The van der Waals surface area contributed by atoms with Crippen LogP contribution in [0.1, 0.15) is 24.8 Å². The number of nitriles is 1. The van der Waals surface area contributed by atoms with Gasteiger partial charge in [0.25, 0.3) is 0 Å². The molecular formula is C11H8F3NO. The summed E-state index contributed by atoms with van der Waals surface area (Å²) in [6.45, 7) is 1.24. The monoisotopic (exact) mass is 227 g/mol. The maximum absolute atomic E-state index is 13.2. The van der Waals surface area contributed by atoms with E-state index < -0.39 is 23.4 Å². The zero-order chi connectivity index (χ0) is 12.3. The topological polar surface area (TPSA) is 40.9 Å². The van der Waals surface area contributed by atoms with Crippen LogP contribution in [0.15, 0.2) is 12.1 Å². The number of nitrogens with zero attached hydrogens (tertiary/aromatic N) is 1. The Bertz CT molecular complexity index is 465. The molecule has 2 nitrogen and oxygen atoms in total. The van der Waals surface area contributed by atoms with Crippen LogP contribution < -0.4 is 0 Å². The fourth-order valence-corrected chi connectivity index (χ4v) is 1.32. The number of hydrogen-bond donors (Lipinski definition) is 0. The van der Waals surface area contributed by atoms with Crippen molar-refractivity contribution >= 4 is 5.78 Å². The molecule has 1 aromatic rings. The molecule has 0 aromatic heterocycles. The molecule has 1 aromatic carbocycles. The van der Waals surface area contributed by atoms with E-state index in [1.54, 1.807) is 6.07 Å². The lowest BCUT2D eigenvalue weighted by Crippen LogP contribution is -2.06. The molecule has 5 heteroatoms. The molecule has 1 unspecified atom stereocenters. The van der Waals surface area contributed by atoms with Crippen molar-refractivity contribution in [2.45, 2.75) is 19.3 Å². The summed E-state index contributed by atoms with van der Waals surface area (Å²) in [4.78, 5) is 10.8. The predicted molar refractivity (Wildman–Crippen MR) is 50.0 cm³/mol.